The number of rotatable bonds is 4. The van der Waals surface area contributed by atoms with E-state index < -0.39 is 17.8 Å². The Kier molecular flexibility index (Phi) is 5.26. The molecule has 35 heavy (non-hydrogen) atoms. The Morgan fingerprint density at radius 3 is 1.89 bits per heavy atom. The van der Waals surface area contributed by atoms with Crippen molar-refractivity contribution in [1.29, 1.82) is 0 Å². The predicted molar refractivity (Wildman–Crippen MR) is 142 cm³/mol. The van der Waals surface area contributed by atoms with Gasteiger partial charge in [0.05, 0.1) is 0 Å². The van der Waals surface area contributed by atoms with Gasteiger partial charge in [-0.25, -0.2) is 8.78 Å². The lowest BCUT2D eigenvalue weighted by molar-refractivity contribution is 0.113. The van der Waals surface area contributed by atoms with Gasteiger partial charge in [-0.2, -0.15) is 0 Å². The summed E-state index contributed by atoms with van der Waals surface area (Å²) in [6.45, 7) is 8.88. The van der Waals surface area contributed by atoms with Crippen molar-refractivity contribution in [3.05, 3.63) is 81.9 Å². The zero-order valence-corrected chi connectivity index (χ0v) is 21.5. The minimum atomic E-state index is -1.11. The summed E-state index contributed by atoms with van der Waals surface area (Å²) in [5.41, 5.74) is 12.1. The van der Waals surface area contributed by atoms with Gasteiger partial charge in [0.15, 0.2) is 0 Å². The molecule has 1 saturated carbocycles. The average Bonchev–Trinajstić information content (AvgIpc) is 3.19. The topological polar surface area (TPSA) is 0 Å². The number of alkyl halides is 2. The summed E-state index contributed by atoms with van der Waals surface area (Å²) in [7, 11) is 0. The van der Waals surface area contributed by atoms with E-state index in [1.807, 2.05) is 0 Å². The smallest absolute Gasteiger partial charge is 0.104 e. The first kappa shape index (κ1) is 23.0. The van der Waals surface area contributed by atoms with Gasteiger partial charge in [0.25, 0.3) is 0 Å². The van der Waals surface area contributed by atoms with Gasteiger partial charge in [-0.05, 0) is 96.2 Å². The van der Waals surface area contributed by atoms with Gasteiger partial charge < -0.3 is 0 Å². The average molecular weight is 471 g/mol. The number of benzene rings is 3. The highest BCUT2D eigenvalue weighted by molar-refractivity contribution is 5.90. The number of aryl methyl sites for hydroxylation is 2. The van der Waals surface area contributed by atoms with Crippen molar-refractivity contribution < 1.29 is 8.78 Å². The van der Waals surface area contributed by atoms with E-state index in [1.54, 1.807) is 0 Å². The van der Waals surface area contributed by atoms with Gasteiger partial charge in [0.2, 0.25) is 0 Å². The summed E-state index contributed by atoms with van der Waals surface area (Å²) in [6, 6.07) is 18.2. The van der Waals surface area contributed by atoms with Crippen LogP contribution in [0.4, 0.5) is 8.78 Å². The molecule has 0 N–H and O–H groups in total. The van der Waals surface area contributed by atoms with Gasteiger partial charge in [-0.1, -0.05) is 74.2 Å². The first-order valence-electron chi connectivity index (χ1n) is 13.5. The van der Waals surface area contributed by atoms with Crippen LogP contribution in [0, 0.1) is 13.8 Å². The number of hydrogen-bond acceptors (Lipinski definition) is 0. The number of hydrogen-bond donors (Lipinski definition) is 0. The molecular weight excluding hydrogens is 434 g/mol. The van der Waals surface area contributed by atoms with Crippen molar-refractivity contribution in [3.8, 4) is 22.3 Å². The molecule has 0 bridgehead atoms. The number of fused-ring (bicyclic) bond motifs is 8. The maximum atomic E-state index is 15.0. The summed E-state index contributed by atoms with van der Waals surface area (Å²) < 4.78 is 30.1. The maximum Gasteiger partial charge on any atom is 0.104 e. The van der Waals surface area contributed by atoms with Crippen LogP contribution in [0.2, 0.25) is 0 Å². The molecule has 3 aliphatic rings. The van der Waals surface area contributed by atoms with Crippen LogP contribution >= 0.6 is 0 Å². The Morgan fingerprint density at radius 1 is 0.657 bits per heavy atom. The van der Waals surface area contributed by atoms with Crippen LogP contribution in [0.25, 0.3) is 22.3 Å². The van der Waals surface area contributed by atoms with E-state index in [0.717, 1.165) is 36.8 Å². The normalized spacial score (nSPS) is 25.3. The summed E-state index contributed by atoms with van der Waals surface area (Å²) in [5, 5.41) is 0. The summed E-state index contributed by atoms with van der Waals surface area (Å²) in [5.74, 6) is 0. The molecule has 1 spiro atoms. The van der Waals surface area contributed by atoms with Gasteiger partial charge in [-0.15, -0.1) is 0 Å². The third-order valence-electron chi connectivity index (χ3n) is 9.16. The van der Waals surface area contributed by atoms with Crippen LogP contribution in [0.3, 0.4) is 0 Å². The van der Waals surface area contributed by atoms with Crippen molar-refractivity contribution >= 4 is 0 Å². The highest BCUT2D eigenvalue weighted by Gasteiger charge is 2.51. The van der Waals surface area contributed by atoms with Crippen LogP contribution in [0.1, 0.15) is 92.2 Å². The Labute approximate surface area is 208 Å². The monoisotopic (exact) mass is 470 g/mol. The lowest BCUT2D eigenvalue weighted by atomic mass is 9.66. The minimum Gasteiger partial charge on any atom is -0.247 e. The molecule has 0 aromatic heterocycles. The molecule has 1 fully saturated rings. The second-order valence-electron chi connectivity index (χ2n) is 11.5. The largest absolute Gasteiger partial charge is 0.247 e. The van der Waals surface area contributed by atoms with Crippen LogP contribution in [0.15, 0.2) is 48.5 Å². The molecule has 0 heterocycles. The molecule has 2 heteroatoms. The van der Waals surface area contributed by atoms with E-state index >= 15 is 8.78 Å². The number of halogens is 2. The fourth-order valence-electron chi connectivity index (χ4n) is 7.96. The Morgan fingerprint density at radius 2 is 1.20 bits per heavy atom. The minimum absolute atomic E-state index is 0.00672. The Hall–Kier alpha value is -2.48. The van der Waals surface area contributed by atoms with E-state index in [2.05, 4.69) is 76.2 Å². The van der Waals surface area contributed by atoms with E-state index in [0.29, 0.717) is 12.8 Å². The quantitative estimate of drug-likeness (QED) is 0.356. The van der Waals surface area contributed by atoms with Gasteiger partial charge >= 0.3 is 0 Å². The van der Waals surface area contributed by atoms with Crippen molar-refractivity contribution in [1.82, 2.24) is 0 Å². The van der Waals surface area contributed by atoms with E-state index in [4.69, 9.17) is 0 Å². The predicted octanol–water partition coefficient (Wildman–Crippen LogP) is 9.30. The van der Waals surface area contributed by atoms with E-state index in [-0.39, 0.29) is 11.8 Å². The summed E-state index contributed by atoms with van der Waals surface area (Å²) in [4.78, 5) is 0. The van der Waals surface area contributed by atoms with Crippen LogP contribution in [-0.4, -0.2) is 12.3 Å². The molecule has 0 aliphatic heterocycles. The van der Waals surface area contributed by atoms with Crippen LogP contribution in [-0.2, 0) is 10.8 Å². The molecule has 182 valence electrons. The first-order valence-corrected chi connectivity index (χ1v) is 13.5. The van der Waals surface area contributed by atoms with E-state index in [9.17, 15) is 0 Å². The SMILES string of the molecule is CCCC1(CCC)c2cc(C)ccc2-c2cc3c(cc21)-c1cc(C)ccc1C31CC(F)CC(F)C1. The molecule has 3 aromatic carbocycles. The standard InChI is InChI=1S/C33H36F2/c1-5-11-32(12-6-2)29-14-21(4)7-9-24(29)26-16-31-27(17-30(26)32)25-13-20(3)8-10-28(25)33(31)18-22(34)15-23(35)19-33/h7-10,13-14,16-17,22-23H,5-6,11-12,15,18-19H2,1-4H3. The van der Waals surface area contributed by atoms with Crippen molar-refractivity contribution in [3.63, 3.8) is 0 Å². The van der Waals surface area contributed by atoms with Crippen LogP contribution in [0.5, 0.6) is 0 Å². The molecule has 6 rings (SSSR count). The zero-order chi connectivity index (χ0) is 24.5. The highest BCUT2D eigenvalue weighted by atomic mass is 19.1. The van der Waals surface area contributed by atoms with Gasteiger partial charge in [0, 0.05) is 17.3 Å². The molecule has 0 saturated heterocycles. The van der Waals surface area contributed by atoms with Crippen molar-refractivity contribution in [2.45, 2.75) is 95.8 Å². The molecular formula is C33H36F2. The fraction of sp³-hybridized carbons (Fsp3) is 0.455. The molecule has 0 amide bonds. The molecule has 3 aliphatic carbocycles. The molecule has 2 atom stereocenters. The van der Waals surface area contributed by atoms with Crippen molar-refractivity contribution in [2.24, 2.45) is 0 Å². The van der Waals surface area contributed by atoms with Crippen LogP contribution < -0.4 is 0 Å². The third-order valence-corrected chi connectivity index (χ3v) is 9.16. The first-order chi connectivity index (χ1) is 16.8. The Balaban J connectivity index is 1.68. The maximum absolute atomic E-state index is 15.0. The highest BCUT2D eigenvalue weighted by Crippen LogP contribution is 2.61. The third kappa shape index (κ3) is 3.14. The summed E-state index contributed by atoms with van der Waals surface area (Å²) >= 11 is 0. The molecule has 0 radical (unpaired) electrons. The van der Waals surface area contributed by atoms with E-state index in [1.165, 1.54) is 44.5 Å². The van der Waals surface area contributed by atoms with Crippen molar-refractivity contribution in [2.75, 3.05) is 0 Å². The fourth-order valence-corrected chi connectivity index (χ4v) is 7.96. The molecule has 3 aromatic rings. The summed E-state index contributed by atoms with van der Waals surface area (Å²) in [6.07, 6.45) is 3.05. The second-order valence-corrected chi connectivity index (χ2v) is 11.5. The molecule has 2 unspecified atom stereocenters. The second kappa shape index (κ2) is 8.02. The molecule has 0 nitrogen and oxygen atoms in total. The lowest BCUT2D eigenvalue weighted by Gasteiger charge is -2.39. The van der Waals surface area contributed by atoms with Gasteiger partial charge in [-0.3, -0.25) is 0 Å². The Bertz CT molecular complexity index is 1300. The van der Waals surface area contributed by atoms with Gasteiger partial charge in [0.1, 0.15) is 12.3 Å². The lowest BCUT2D eigenvalue weighted by Crippen LogP contribution is -2.38. The zero-order valence-electron chi connectivity index (χ0n) is 21.5.